The van der Waals surface area contributed by atoms with Gasteiger partial charge in [-0.05, 0) is 35.2 Å². The Morgan fingerprint density at radius 2 is 1.42 bits per heavy atom. The molecule has 0 spiro atoms. The van der Waals surface area contributed by atoms with Crippen molar-refractivity contribution in [1.29, 1.82) is 0 Å². The minimum Gasteiger partial charge on any atom is -0.451 e. The fraction of sp³-hybridized carbons (Fsp3) is 0.0870. The molecule has 1 N–H and O–H groups in total. The van der Waals surface area contributed by atoms with Crippen LogP contribution in [0, 0.1) is 6.92 Å². The van der Waals surface area contributed by atoms with Gasteiger partial charge in [0.25, 0.3) is 5.91 Å². The molecule has 126 valence electrons. The van der Waals surface area contributed by atoms with Crippen molar-refractivity contribution in [2.24, 2.45) is 0 Å². The van der Waals surface area contributed by atoms with Gasteiger partial charge in [-0.25, -0.2) is 0 Å². The summed E-state index contributed by atoms with van der Waals surface area (Å²) in [5.41, 5.74) is 6.20. The van der Waals surface area contributed by atoms with Crippen molar-refractivity contribution in [3.8, 4) is 11.1 Å². The highest BCUT2D eigenvalue weighted by Gasteiger charge is 2.30. The van der Waals surface area contributed by atoms with E-state index in [0.29, 0.717) is 5.76 Å². The number of amides is 1. The molecule has 1 amide bonds. The van der Waals surface area contributed by atoms with Crippen molar-refractivity contribution in [3.63, 3.8) is 0 Å². The highest BCUT2D eigenvalue weighted by Crippen LogP contribution is 2.43. The second-order valence-corrected chi connectivity index (χ2v) is 6.63. The first-order chi connectivity index (χ1) is 12.7. The first-order valence-corrected chi connectivity index (χ1v) is 8.71. The van der Waals surface area contributed by atoms with Crippen molar-refractivity contribution in [2.45, 2.75) is 13.0 Å². The van der Waals surface area contributed by atoms with Gasteiger partial charge in [0.1, 0.15) is 5.58 Å². The van der Waals surface area contributed by atoms with E-state index in [4.69, 9.17) is 4.42 Å². The van der Waals surface area contributed by atoms with Crippen molar-refractivity contribution in [1.82, 2.24) is 5.32 Å². The van der Waals surface area contributed by atoms with Crippen molar-refractivity contribution >= 4 is 16.9 Å². The number of fused-ring (bicyclic) bond motifs is 4. The molecule has 1 heterocycles. The maximum absolute atomic E-state index is 13.0. The van der Waals surface area contributed by atoms with Gasteiger partial charge < -0.3 is 9.73 Å². The first kappa shape index (κ1) is 15.0. The maximum atomic E-state index is 13.0. The number of para-hydroxylation sites is 1. The van der Waals surface area contributed by atoms with Gasteiger partial charge in [0.2, 0.25) is 0 Å². The second kappa shape index (κ2) is 5.60. The van der Waals surface area contributed by atoms with Crippen LogP contribution in [0.15, 0.2) is 77.2 Å². The normalized spacial score (nSPS) is 12.8. The Balaban J connectivity index is 1.57. The molecule has 1 aliphatic carbocycles. The topological polar surface area (TPSA) is 42.2 Å². The van der Waals surface area contributed by atoms with Gasteiger partial charge in [-0.1, -0.05) is 66.7 Å². The van der Waals surface area contributed by atoms with E-state index in [0.717, 1.165) is 27.7 Å². The zero-order valence-corrected chi connectivity index (χ0v) is 14.3. The third kappa shape index (κ3) is 2.10. The molecule has 3 heteroatoms. The van der Waals surface area contributed by atoms with Gasteiger partial charge in [-0.15, -0.1) is 0 Å². The number of benzene rings is 3. The van der Waals surface area contributed by atoms with Crippen LogP contribution in [0.3, 0.4) is 0 Å². The molecule has 0 radical (unpaired) electrons. The van der Waals surface area contributed by atoms with Crippen LogP contribution in [0.4, 0.5) is 0 Å². The Morgan fingerprint density at radius 1 is 0.846 bits per heavy atom. The Bertz CT molecular complexity index is 1110. The van der Waals surface area contributed by atoms with Gasteiger partial charge in [0, 0.05) is 10.9 Å². The molecule has 1 aromatic heterocycles. The fourth-order valence-corrected chi connectivity index (χ4v) is 3.90. The Labute approximate surface area is 151 Å². The molecular formula is C23H17NO2. The van der Waals surface area contributed by atoms with E-state index in [1.165, 1.54) is 11.1 Å². The molecular weight excluding hydrogens is 322 g/mol. The van der Waals surface area contributed by atoms with Gasteiger partial charge in [0.05, 0.1) is 6.04 Å². The predicted molar refractivity (Wildman–Crippen MR) is 102 cm³/mol. The van der Waals surface area contributed by atoms with Gasteiger partial charge in [-0.2, -0.15) is 0 Å². The molecule has 0 fully saturated rings. The van der Waals surface area contributed by atoms with Crippen LogP contribution >= 0.6 is 0 Å². The van der Waals surface area contributed by atoms with Gasteiger partial charge in [0.15, 0.2) is 5.76 Å². The lowest BCUT2D eigenvalue weighted by Gasteiger charge is -2.15. The number of carbonyl (C=O) groups is 1. The number of hydrogen-bond acceptors (Lipinski definition) is 2. The summed E-state index contributed by atoms with van der Waals surface area (Å²) in [5, 5.41) is 4.15. The zero-order chi connectivity index (χ0) is 17.7. The van der Waals surface area contributed by atoms with Crippen LogP contribution < -0.4 is 5.32 Å². The van der Waals surface area contributed by atoms with E-state index < -0.39 is 0 Å². The zero-order valence-electron chi connectivity index (χ0n) is 14.3. The second-order valence-electron chi connectivity index (χ2n) is 6.63. The number of carbonyl (C=O) groups excluding carboxylic acids is 1. The number of furan rings is 1. The summed E-state index contributed by atoms with van der Waals surface area (Å²) in [4.78, 5) is 13.0. The molecule has 3 aromatic carbocycles. The lowest BCUT2D eigenvalue weighted by molar-refractivity contribution is 0.0917. The first-order valence-electron chi connectivity index (χ1n) is 8.71. The smallest absolute Gasteiger partial charge is 0.288 e. The quantitative estimate of drug-likeness (QED) is 0.542. The lowest BCUT2D eigenvalue weighted by Crippen LogP contribution is -2.28. The third-order valence-electron chi connectivity index (χ3n) is 5.16. The Hall–Kier alpha value is -3.33. The van der Waals surface area contributed by atoms with Crippen LogP contribution in [0.1, 0.15) is 33.3 Å². The number of nitrogens with one attached hydrogen (secondary N) is 1. The van der Waals surface area contributed by atoms with Crippen molar-refractivity contribution < 1.29 is 9.21 Å². The standard InChI is InChI=1S/C23H17NO2/c1-14-15-8-6-7-13-20(15)26-22(14)23(25)24-21-18-11-4-2-9-16(18)17-10-3-5-12-19(17)21/h2-13,21H,1H3,(H,24,25). The fourth-order valence-electron chi connectivity index (χ4n) is 3.90. The van der Waals surface area contributed by atoms with E-state index in [1.54, 1.807) is 0 Å². The van der Waals surface area contributed by atoms with Gasteiger partial charge >= 0.3 is 0 Å². The van der Waals surface area contributed by atoms with Crippen LogP contribution in [-0.4, -0.2) is 5.91 Å². The molecule has 3 nitrogen and oxygen atoms in total. The molecule has 5 rings (SSSR count). The number of aryl methyl sites for hydroxylation is 1. The average molecular weight is 339 g/mol. The predicted octanol–water partition coefficient (Wildman–Crippen LogP) is 5.24. The summed E-state index contributed by atoms with van der Waals surface area (Å²) in [6.07, 6.45) is 0. The van der Waals surface area contributed by atoms with Crippen LogP contribution in [0.25, 0.3) is 22.1 Å². The van der Waals surface area contributed by atoms with E-state index in [2.05, 4.69) is 29.6 Å². The Kier molecular flexibility index (Phi) is 3.22. The average Bonchev–Trinajstić information content (AvgIpc) is 3.19. The highest BCUT2D eigenvalue weighted by atomic mass is 16.3. The minimum absolute atomic E-state index is 0.164. The summed E-state index contributed by atoms with van der Waals surface area (Å²) in [7, 11) is 0. The SMILES string of the molecule is Cc1c(C(=O)NC2c3ccccc3-c3ccccc32)oc2ccccc12. The minimum atomic E-state index is -0.185. The largest absolute Gasteiger partial charge is 0.451 e. The monoisotopic (exact) mass is 339 g/mol. The molecule has 0 saturated heterocycles. The van der Waals surface area contributed by atoms with E-state index in [9.17, 15) is 4.79 Å². The van der Waals surface area contributed by atoms with Crippen molar-refractivity contribution in [2.75, 3.05) is 0 Å². The summed E-state index contributed by atoms with van der Waals surface area (Å²) in [6, 6.07) is 24.0. The van der Waals surface area contributed by atoms with Crippen LogP contribution in [0.5, 0.6) is 0 Å². The molecule has 4 aromatic rings. The van der Waals surface area contributed by atoms with Gasteiger partial charge in [-0.3, -0.25) is 4.79 Å². The maximum Gasteiger partial charge on any atom is 0.288 e. The molecule has 0 atom stereocenters. The molecule has 26 heavy (non-hydrogen) atoms. The number of hydrogen-bond donors (Lipinski definition) is 1. The molecule has 1 aliphatic rings. The number of rotatable bonds is 2. The van der Waals surface area contributed by atoms with E-state index in [1.807, 2.05) is 55.5 Å². The van der Waals surface area contributed by atoms with Crippen LogP contribution in [-0.2, 0) is 0 Å². The summed E-state index contributed by atoms with van der Waals surface area (Å²) >= 11 is 0. The summed E-state index contributed by atoms with van der Waals surface area (Å²) in [5.74, 6) is 0.197. The highest BCUT2D eigenvalue weighted by molar-refractivity contribution is 5.99. The third-order valence-corrected chi connectivity index (χ3v) is 5.16. The summed E-state index contributed by atoms with van der Waals surface area (Å²) < 4.78 is 5.83. The van der Waals surface area contributed by atoms with Crippen molar-refractivity contribution in [3.05, 3.63) is 95.2 Å². The summed E-state index contributed by atoms with van der Waals surface area (Å²) in [6.45, 7) is 1.93. The molecule has 0 aliphatic heterocycles. The molecule has 0 saturated carbocycles. The van der Waals surface area contributed by atoms with E-state index in [-0.39, 0.29) is 11.9 Å². The lowest BCUT2D eigenvalue weighted by atomic mass is 10.0. The Morgan fingerprint density at radius 3 is 2.08 bits per heavy atom. The molecule has 0 unspecified atom stereocenters. The van der Waals surface area contributed by atoms with E-state index >= 15 is 0 Å². The van der Waals surface area contributed by atoms with Crippen LogP contribution in [0.2, 0.25) is 0 Å². The molecule has 0 bridgehead atoms.